The first-order valence-electron chi connectivity index (χ1n) is 25.7. The average Bonchev–Trinajstić information content (AvgIpc) is 4.05. The summed E-state index contributed by atoms with van der Waals surface area (Å²) in [6.45, 7) is 0. The minimum absolute atomic E-state index is 0.892. The van der Waals surface area contributed by atoms with Gasteiger partial charge in [0.05, 0.1) is 11.0 Å². The van der Waals surface area contributed by atoms with Gasteiger partial charge >= 0.3 is 0 Å². The van der Waals surface area contributed by atoms with E-state index in [-0.39, 0.29) is 0 Å². The van der Waals surface area contributed by atoms with E-state index in [0.717, 1.165) is 77.9 Å². The SMILES string of the molecule is c1cc(-c2ccc(N(c3ccc(-c4cccc(-n5c6ccccc6c6ccccc65)c4)cc3)c3cccc(-c4cccc5c4oc4c6ccccc6ccc54)c3)cc2)cc(-c2ccc3ccc4ccccc4c3c2)c1. The van der Waals surface area contributed by atoms with Crippen LogP contribution >= 0.6 is 0 Å². The highest BCUT2D eigenvalue weighted by Gasteiger charge is 2.19. The summed E-state index contributed by atoms with van der Waals surface area (Å²) in [6, 6.07) is 101. The molecule has 350 valence electrons. The van der Waals surface area contributed by atoms with E-state index in [4.69, 9.17) is 4.42 Å². The molecule has 0 aliphatic heterocycles. The molecule has 0 bridgehead atoms. The second-order valence-corrected chi connectivity index (χ2v) is 19.7. The number of rotatable bonds is 8. The van der Waals surface area contributed by atoms with Crippen LogP contribution in [0, 0.1) is 0 Å². The lowest BCUT2D eigenvalue weighted by Gasteiger charge is -2.26. The fourth-order valence-corrected chi connectivity index (χ4v) is 11.7. The highest BCUT2D eigenvalue weighted by Crippen LogP contribution is 2.43. The number of fused-ring (bicyclic) bond motifs is 11. The van der Waals surface area contributed by atoms with Gasteiger partial charge in [0.2, 0.25) is 0 Å². The molecule has 0 aliphatic carbocycles. The number of furan rings is 1. The van der Waals surface area contributed by atoms with E-state index in [1.54, 1.807) is 0 Å². The molecular weight excluding hydrogens is 909 g/mol. The van der Waals surface area contributed by atoms with Crippen LogP contribution < -0.4 is 4.90 Å². The third-order valence-corrected chi connectivity index (χ3v) is 15.3. The van der Waals surface area contributed by atoms with E-state index in [2.05, 4.69) is 289 Å². The Labute approximate surface area is 434 Å². The van der Waals surface area contributed by atoms with Gasteiger partial charge in [-0.05, 0) is 145 Å². The highest BCUT2D eigenvalue weighted by molar-refractivity contribution is 6.17. The largest absolute Gasteiger partial charge is 0.455 e. The molecule has 0 amide bonds. The van der Waals surface area contributed by atoms with Crippen molar-refractivity contribution in [2.45, 2.75) is 0 Å². The number of hydrogen-bond acceptors (Lipinski definition) is 2. The van der Waals surface area contributed by atoms with Gasteiger partial charge in [-0.25, -0.2) is 0 Å². The van der Waals surface area contributed by atoms with E-state index in [9.17, 15) is 0 Å². The first-order valence-corrected chi connectivity index (χ1v) is 25.7. The van der Waals surface area contributed by atoms with Gasteiger partial charge in [-0.15, -0.1) is 0 Å². The molecule has 0 saturated heterocycles. The van der Waals surface area contributed by atoms with Gasteiger partial charge in [0.15, 0.2) is 0 Å². The van der Waals surface area contributed by atoms with Crippen LogP contribution in [0.2, 0.25) is 0 Å². The number of nitrogens with zero attached hydrogens (tertiary/aromatic N) is 2. The Hall–Kier alpha value is -9.96. The monoisotopic (exact) mass is 954 g/mol. The first kappa shape index (κ1) is 42.7. The molecule has 13 aromatic carbocycles. The Kier molecular flexibility index (Phi) is 9.89. The number of para-hydroxylation sites is 3. The summed E-state index contributed by atoms with van der Waals surface area (Å²) in [4.78, 5) is 2.37. The second-order valence-electron chi connectivity index (χ2n) is 19.7. The minimum atomic E-state index is 0.892. The maximum Gasteiger partial charge on any atom is 0.143 e. The Morgan fingerprint density at radius 3 is 1.45 bits per heavy atom. The summed E-state index contributed by atoms with van der Waals surface area (Å²) in [6.07, 6.45) is 0. The van der Waals surface area contributed by atoms with Crippen molar-refractivity contribution in [1.82, 2.24) is 4.57 Å². The summed E-state index contributed by atoms with van der Waals surface area (Å²) in [5.74, 6) is 0. The predicted molar refractivity (Wildman–Crippen MR) is 317 cm³/mol. The maximum absolute atomic E-state index is 6.86. The van der Waals surface area contributed by atoms with Gasteiger partial charge < -0.3 is 13.9 Å². The van der Waals surface area contributed by atoms with E-state index in [0.29, 0.717) is 0 Å². The maximum atomic E-state index is 6.86. The van der Waals surface area contributed by atoms with Crippen LogP contribution in [0.3, 0.4) is 0 Å². The molecule has 75 heavy (non-hydrogen) atoms. The minimum Gasteiger partial charge on any atom is -0.455 e. The molecule has 0 aliphatic rings. The standard InChI is InChI=1S/C72H46N2O/c1-3-21-61-49(13-1)29-30-51-31-32-55(46-68(51)61)53-16-9-15-52(43-53)47-33-38-57(39-34-47)73(59-19-11-18-56(45-59)63-25-12-26-66-67-42-37-50-14-2-4-22-62(50)71(67)75-72(63)66)58-40-35-48(36-41-58)54-17-10-20-60(44-54)74-69-27-7-5-23-64(69)65-24-6-8-28-70(65)74/h1-46H. The summed E-state index contributed by atoms with van der Waals surface area (Å²) in [7, 11) is 0. The molecule has 15 rings (SSSR count). The van der Waals surface area contributed by atoms with Crippen molar-refractivity contribution in [1.29, 1.82) is 0 Å². The lowest BCUT2D eigenvalue weighted by molar-refractivity contribution is 0.674. The third-order valence-electron chi connectivity index (χ3n) is 15.3. The quantitative estimate of drug-likeness (QED) is 0.142. The predicted octanol–water partition coefficient (Wildman–Crippen LogP) is 20.3. The highest BCUT2D eigenvalue weighted by atomic mass is 16.3. The molecule has 2 heterocycles. The van der Waals surface area contributed by atoms with Crippen molar-refractivity contribution in [3.05, 3.63) is 279 Å². The fourth-order valence-electron chi connectivity index (χ4n) is 11.7. The lowest BCUT2D eigenvalue weighted by Crippen LogP contribution is -2.10. The van der Waals surface area contributed by atoms with Crippen molar-refractivity contribution in [3.8, 4) is 50.2 Å². The first-order chi connectivity index (χ1) is 37.2. The van der Waals surface area contributed by atoms with Gasteiger partial charge in [0.1, 0.15) is 11.2 Å². The van der Waals surface area contributed by atoms with Gasteiger partial charge in [-0.3, -0.25) is 0 Å². The van der Waals surface area contributed by atoms with Crippen molar-refractivity contribution in [2.75, 3.05) is 4.90 Å². The molecular formula is C72H46N2O. The van der Waals surface area contributed by atoms with E-state index < -0.39 is 0 Å². The Bertz CT molecular complexity index is 4660. The Balaban J connectivity index is 0.820. The van der Waals surface area contributed by atoms with Crippen molar-refractivity contribution < 1.29 is 4.42 Å². The summed E-state index contributed by atoms with van der Waals surface area (Å²) < 4.78 is 9.25. The number of benzene rings is 13. The molecule has 0 N–H and O–H groups in total. The zero-order valence-corrected chi connectivity index (χ0v) is 40.9. The lowest BCUT2D eigenvalue weighted by atomic mass is 9.95. The summed E-state index contributed by atoms with van der Waals surface area (Å²) >= 11 is 0. The molecule has 3 nitrogen and oxygen atoms in total. The van der Waals surface area contributed by atoms with Crippen LogP contribution in [0.1, 0.15) is 0 Å². The van der Waals surface area contributed by atoms with Crippen LogP contribution in [0.4, 0.5) is 17.1 Å². The molecule has 0 unspecified atom stereocenters. The third kappa shape index (κ3) is 7.20. The van der Waals surface area contributed by atoms with E-state index in [1.165, 1.54) is 65.4 Å². The van der Waals surface area contributed by atoms with Crippen molar-refractivity contribution in [2.24, 2.45) is 0 Å². The zero-order chi connectivity index (χ0) is 49.4. The van der Waals surface area contributed by atoms with Gasteiger partial charge in [0, 0.05) is 55.2 Å². The van der Waals surface area contributed by atoms with E-state index in [1.807, 2.05) is 0 Å². The molecule has 0 saturated carbocycles. The molecule has 2 aromatic heterocycles. The van der Waals surface area contributed by atoms with Crippen LogP contribution in [0.5, 0.6) is 0 Å². The van der Waals surface area contributed by atoms with Crippen LogP contribution in [0.25, 0.3) is 126 Å². The van der Waals surface area contributed by atoms with Gasteiger partial charge in [0.25, 0.3) is 0 Å². The van der Waals surface area contributed by atoms with Gasteiger partial charge in [-0.2, -0.15) is 0 Å². The van der Waals surface area contributed by atoms with Crippen molar-refractivity contribution >= 4 is 93.1 Å². The summed E-state index contributed by atoms with van der Waals surface area (Å²) in [5, 5.41) is 12.1. The Morgan fingerprint density at radius 1 is 0.253 bits per heavy atom. The van der Waals surface area contributed by atoms with Crippen molar-refractivity contribution in [3.63, 3.8) is 0 Å². The molecule has 15 aromatic rings. The van der Waals surface area contributed by atoms with Crippen LogP contribution in [0.15, 0.2) is 283 Å². The number of hydrogen-bond donors (Lipinski definition) is 0. The molecule has 0 atom stereocenters. The van der Waals surface area contributed by atoms with E-state index >= 15 is 0 Å². The summed E-state index contributed by atoms with van der Waals surface area (Å²) in [5.41, 5.74) is 17.7. The van der Waals surface area contributed by atoms with Crippen LogP contribution in [-0.2, 0) is 0 Å². The average molecular weight is 955 g/mol. The second kappa shape index (κ2) is 17.4. The van der Waals surface area contributed by atoms with Gasteiger partial charge in [-0.1, -0.05) is 200 Å². The molecule has 3 heteroatoms. The molecule has 0 radical (unpaired) electrons. The molecule has 0 spiro atoms. The fraction of sp³-hybridized carbons (Fsp3) is 0. The Morgan fingerprint density at radius 2 is 0.733 bits per heavy atom. The topological polar surface area (TPSA) is 21.3 Å². The zero-order valence-electron chi connectivity index (χ0n) is 40.9. The number of anilines is 3. The van der Waals surface area contributed by atoms with Crippen LogP contribution in [-0.4, -0.2) is 4.57 Å². The normalized spacial score (nSPS) is 11.7. The number of aromatic nitrogens is 1. The smallest absolute Gasteiger partial charge is 0.143 e. The molecule has 0 fully saturated rings.